The molecule has 11 nitrogen and oxygen atoms in total. The Morgan fingerprint density at radius 2 is 2.03 bits per heavy atom. The van der Waals surface area contributed by atoms with Crippen molar-refractivity contribution in [1.82, 2.24) is 25.5 Å². The van der Waals surface area contributed by atoms with Crippen molar-refractivity contribution in [3.05, 3.63) is 24.3 Å². The molecule has 2 atom stereocenters. The van der Waals surface area contributed by atoms with Gasteiger partial charge in [0.2, 0.25) is 11.9 Å². The third kappa shape index (κ3) is 5.11. The summed E-state index contributed by atoms with van der Waals surface area (Å²) in [4.78, 5) is 56.2. The average Bonchev–Trinajstić information content (AvgIpc) is 3.23. The molecule has 31 heavy (non-hydrogen) atoms. The van der Waals surface area contributed by atoms with Crippen LogP contribution in [0.15, 0.2) is 24.3 Å². The summed E-state index contributed by atoms with van der Waals surface area (Å²) >= 11 is 0. The Kier molecular flexibility index (Phi) is 6.42. The highest BCUT2D eigenvalue weighted by Crippen LogP contribution is 2.23. The number of nitrogens with one attached hydrogen (secondary N) is 4. The number of imidazole rings is 1. The van der Waals surface area contributed by atoms with Crippen molar-refractivity contribution in [1.29, 1.82) is 0 Å². The number of amides is 4. The molecule has 1 aromatic carbocycles. The lowest BCUT2D eigenvalue weighted by molar-refractivity contribution is -0.141. The van der Waals surface area contributed by atoms with Gasteiger partial charge in [-0.25, -0.2) is 9.78 Å². The quantitative estimate of drug-likeness (QED) is 0.277. The number of para-hydroxylation sites is 2. The van der Waals surface area contributed by atoms with Gasteiger partial charge in [-0.3, -0.25) is 19.3 Å². The van der Waals surface area contributed by atoms with Crippen LogP contribution in [-0.4, -0.2) is 69.0 Å². The molecule has 2 heterocycles. The lowest BCUT2D eigenvalue weighted by Crippen LogP contribution is -2.45. The number of benzene rings is 1. The largest absolute Gasteiger partial charge is 0.481 e. The van der Waals surface area contributed by atoms with E-state index in [1.54, 1.807) is 6.92 Å². The van der Waals surface area contributed by atoms with Gasteiger partial charge in [-0.15, -0.1) is 0 Å². The number of aromatic amines is 1. The molecule has 3 rings (SSSR count). The molecule has 0 saturated carbocycles. The summed E-state index contributed by atoms with van der Waals surface area (Å²) in [5.41, 5.74) is 0.657. The van der Waals surface area contributed by atoms with Gasteiger partial charge < -0.3 is 26.0 Å². The molecule has 0 radical (unpaired) electrons. The molecule has 1 saturated heterocycles. The molecule has 4 amide bonds. The average molecular weight is 430 g/mol. The van der Waals surface area contributed by atoms with Crippen LogP contribution in [0.1, 0.15) is 26.7 Å². The van der Waals surface area contributed by atoms with E-state index < -0.39 is 41.8 Å². The van der Waals surface area contributed by atoms with Crippen molar-refractivity contribution in [2.45, 2.75) is 32.2 Å². The molecule has 0 aliphatic carbocycles. The SMILES string of the molecule is C[C@@H](CNC(=O)CN1C(=O)NC(C)(CCCNc2nc3ccccc3[nH]2)C1=O)C(=O)O. The smallest absolute Gasteiger partial charge is 0.325 e. The van der Waals surface area contributed by atoms with E-state index in [0.717, 1.165) is 15.9 Å². The van der Waals surface area contributed by atoms with Crippen LogP contribution < -0.4 is 16.0 Å². The van der Waals surface area contributed by atoms with E-state index >= 15 is 0 Å². The summed E-state index contributed by atoms with van der Waals surface area (Å²) in [7, 11) is 0. The molecule has 1 aromatic heterocycles. The predicted molar refractivity (Wildman–Crippen MR) is 112 cm³/mol. The normalized spacial score (nSPS) is 19.4. The number of aliphatic carboxylic acids is 1. The Morgan fingerprint density at radius 3 is 2.74 bits per heavy atom. The molecule has 11 heteroatoms. The zero-order chi connectivity index (χ0) is 22.6. The first kappa shape index (κ1) is 22.1. The Balaban J connectivity index is 1.47. The second-order valence-corrected chi connectivity index (χ2v) is 7.83. The molecule has 1 unspecified atom stereocenters. The summed E-state index contributed by atoms with van der Waals surface area (Å²) in [5, 5.41) is 17.1. The molecule has 2 aromatic rings. The number of aromatic nitrogens is 2. The van der Waals surface area contributed by atoms with Gasteiger partial charge in [0.05, 0.1) is 17.0 Å². The van der Waals surface area contributed by atoms with E-state index in [0.29, 0.717) is 25.3 Å². The fourth-order valence-corrected chi connectivity index (χ4v) is 3.30. The number of rotatable bonds is 10. The van der Waals surface area contributed by atoms with Crippen LogP contribution in [0.4, 0.5) is 10.7 Å². The third-order valence-corrected chi connectivity index (χ3v) is 5.21. The number of carbonyl (C=O) groups excluding carboxylic acids is 3. The van der Waals surface area contributed by atoms with Crippen LogP contribution in [0.2, 0.25) is 0 Å². The number of carbonyl (C=O) groups is 4. The maximum atomic E-state index is 12.7. The second kappa shape index (κ2) is 9.02. The van der Waals surface area contributed by atoms with Crippen LogP contribution in [0.5, 0.6) is 0 Å². The number of carboxylic acids is 1. The number of fused-ring (bicyclic) bond motifs is 1. The highest BCUT2D eigenvalue weighted by atomic mass is 16.4. The molecule has 1 fully saturated rings. The molecular weight excluding hydrogens is 404 g/mol. The first-order valence-electron chi connectivity index (χ1n) is 10.0. The number of carboxylic acid groups (broad SMARTS) is 1. The Labute approximate surface area is 178 Å². The van der Waals surface area contributed by atoms with Crippen LogP contribution in [-0.2, 0) is 14.4 Å². The van der Waals surface area contributed by atoms with E-state index in [-0.39, 0.29) is 6.54 Å². The molecule has 0 bridgehead atoms. The fourth-order valence-electron chi connectivity index (χ4n) is 3.30. The van der Waals surface area contributed by atoms with E-state index in [1.165, 1.54) is 6.92 Å². The van der Waals surface area contributed by atoms with Crippen molar-refractivity contribution in [2.75, 3.05) is 25.0 Å². The van der Waals surface area contributed by atoms with Crippen LogP contribution in [0.25, 0.3) is 11.0 Å². The van der Waals surface area contributed by atoms with Gasteiger partial charge >= 0.3 is 12.0 Å². The molecule has 5 N–H and O–H groups in total. The van der Waals surface area contributed by atoms with E-state index in [1.807, 2.05) is 24.3 Å². The summed E-state index contributed by atoms with van der Waals surface area (Å²) < 4.78 is 0. The summed E-state index contributed by atoms with van der Waals surface area (Å²) in [6, 6.07) is 7.00. The van der Waals surface area contributed by atoms with Gasteiger partial charge in [0, 0.05) is 13.1 Å². The van der Waals surface area contributed by atoms with E-state index in [2.05, 4.69) is 25.9 Å². The number of hydrogen-bond acceptors (Lipinski definition) is 6. The number of H-pyrrole nitrogens is 1. The van der Waals surface area contributed by atoms with E-state index in [9.17, 15) is 19.2 Å². The topological polar surface area (TPSA) is 157 Å². The lowest BCUT2D eigenvalue weighted by atomic mass is 9.96. The number of imide groups is 1. The third-order valence-electron chi connectivity index (χ3n) is 5.21. The molecule has 1 aliphatic heterocycles. The van der Waals surface area contributed by atoms with Gasteiger partial charge in [-0.1, -0.05) is 19.1 Å². The maximum Gasteiger partial charge on any atom is 0.325 e. The molecule has 166 valence electrons. The number of hydrogen-bond donors (Lipinski definition) is 5. The highest BCUT2D eigenvalue weighted by Gasteiger charge is 2.47. The van der Waals surface area contributed by atoms with Crippen molar-refractivity contribution >= 4 is 40.8 Å². The van der Waals surface area contributed by atoms with E-state index in [4.69, 9.17) is 5.11 Å². The summed E-state index contributed by atoms with van der Waals surface area (Å²) in [5.74, 6) is -2.26. The van der Waals surface area contributed by atoms with Crippen molar-refractivity contribution in [3.8, 4) is 0 Å². The second-order valence-electron chi connectivity index (χ2n) is 7.83. The first-order chi connectivity index (χ1) is 14.7. The van der Waals surface area contributed by atoms with Crippen molar-refractivity contribution < 1.29 is 24.3 Å². The number of urea groups is 1. The zero-order valence-electron chi connectivity index (χ0n) is 17.4. The fraction of sp³-hybridized carbons (Fsp3) is 0.450. The Hall–Kier alpha value is -3.63. The number of nitrogens with zero attached hydrogens (tertiary/aromatic N) is 2. The van der Waals surface area contributed by atoms with Crippen molar-refractivity contribution in [2.24, 2.45) is 5.92 Å². The summed E-state index contributed by atoms with van der Waals surface area (Å²) in [6.07, 6.45) is 0.953. The maximum absolute atomic E-state index is 12.7. The monoisotopic (exact) mass is 430 g/mol. The van der Waals surface area contributed by atoms with Crippen LogP contribution >= 0.6 is 0 Å². The minimum Gasteiger partial charge on any atom is -0.481 e. The van der Waals surface area contributed by atoms with Gasteiger partial charge in [0.25, 0.3) is 5.91 Å². The van der Waals surface area contributed by atoms with Gasteiger partial charge in [-0.2, -0.15) is 0 Å². The Bertz CT molecular complexity index is 972. The van der Waals surface area contributed by atoms with Crippen LogP contribution in [0, 0.1) is 5.92 Å². The minimum absolute atomic E-state index is 0.0808. The lowest BCUT2D eigenvalue weighted by Gasteiger charge is -2.21. The Morgan fingerprint density at radius 1 is 1.29 bits per heavy atom. The zero-order valence-corrected chi connectivity index (χ0v) is 17.4. The molecular formula is C20H26N6O5. The first-order valence-corrected chi connectivity index (χ1v) is 10.0. The standard InChI is InChI=1S/C20H26N6O5/c1-12(16(28)29)10-22-15(27)11-26-17(30)20(2,25-19(26)31)8-5-9-21-18-23-13-6-3-4-7-14(13)24-18/h3-4,6-7,12H,5,8-11H2,1-2H3,(H,22,27)(H,25,31)(H,28,29)(H2,21,23,24)/t12-,20?/m0/s1. The van der Waals surface area contributed by atoms with Gasteiger partial charge in [-0.05, 0) is 31.9 Å². The predicted octanol–water partition coefficient (Wildman–Crippen LogP) is 0.902. The number of anilines is 1. The molecule has 1 aliphatic rings. The van der Waals surface area contributed by atoms with Gasteiger partial charge in [0.15, 0.2) is 0 Å². The van der Waals surface area contributed by atoms with Gasteiger partial charge in [0.1, 0.15) is 12.1 Å². The van der Waals surface area contributed by atoms with Crippen molar-refractivity contribution in [3.63, 3.8) is 0 Å². The highest BCUT2D eigenvalue weighted by molar-refractivity contribution is 6.08. The molecule has 0 spiro atoms. The summed E-state index contributed by atoms with van der Waals surface area (Å²) in [6.45, 7) is 3.07. The minimum atomic E-state index is -1.11. The van der Waals surface area contributed by atoms with Crippen LogP contribution in [0.3, 0.4) is 0 Å².